The Hall–Kier alpha value is -1.39. The second-order valence-corrected chi connectivity index (χ2v) is 8.11. The standard InChI is InChI=1S/C22H33N5O2.HI/c1-23-22(26-11-9-20(17-26)25-12-14-29-15-13-25)24-16-18-5-7-19(8-6-18)27-10-3-2-4-21(27)28;/h5-8,20H,2-4,9-17H2,1H3,(H,23,24);1H. The highest BCUT2D eigenvalue weighted by Gasteiger charge is 2.30. The number of nitrogens with one attached hydrogen (secondary N) is 1. The van der Waals surface area contributed by atoms with Gasteiger partial charge in [-0.2, -0.15) is 0 Å². The summed E-state index contributed by atoms with van der Waals surface area (Å²) in [6, 6.07) is 8.94. The van der Waals surface area contributed by atoms with Gasteiger partial charge >= 0.3 is 0 Å². The van der Waals surface area contributed by atoms with Gasteiger partial charge in [0.25, 0.3) is 0 Å². The number of carbonyl (C=O) groups excluding carboxylic acids is 1. The fraction of sp³-hybridized carbons (Fsp3) is 0.636. The minimum absolute atomic E-state index is 0. The Labute approximate surface area is 196 Å². The Kier molecular flexibility index (Phi) is 8.76. The summed E-state index contributed by atoms with van der Waals surface area (Å²) < 4.78 is 5.48. The number of aliphatic imine (C=N–C) groups is 1. The van der Waals surface area contributed by atoms with Gasteiger partial charge in [-0.1, -0.05) is 12.1 Å². The number of hydrogen-bond acceptors (Lipinski definition) is 4. The molecular weight excluding hydrogens is 493 g/mol. The van der Waals surface area contributed by atoms with Gasteiger partial charge in [0, 0.05) is 64.5 Å². The van der Waals surface area contributed by atoms with Crippen LogP contribution < -0.4 is 10.2 Å². The molecule has 0 spiro atoms. The van der Waals surface area contributed by atoms with E-state index >= 15 is 0 Å². The first-order valence-corrected chi connectivity index (χ1v) is 10.9. The number of amides is 1. The number of rotatable bonds is 4. The van der Waals surface area contributed by atoms with Crippen LogP contribution in [-0.2, 0) is 16.1 Å². The highest BCUT2D eigenvalue weighted by atomic mass is 127. The Balaban J connectivity index is 0.00000256. The molecule has 1 N–H and O–H groups in total. The maximum Gasteiger partial charge on any atom is 0.226 e. The fourth-order valence-corrected chi connectivity index (χ4v) is 4.56. The first-order valence-electron chi connectivity index (χ1n) is 10.9. The van der Waals surface area contributed by atoms with Gasteiger partial charge in [-0.3, -0.25) is 14.7 Å². The maximum atomic E-state index is 12.1. The topological polar surface area (TPSA) is 60.4 Å². The van der Waals surface area contributed by atoms with Crippen LogP contribution in [0.4, 0.5) is 5.69 Å². The lowest BCUT2D eigenvalue weighted by atomic mass is 10.1. The van der Waals surface area contributed by atoms with E-state index in [4.69, 9.17) is 4.74 Å². The van der Waals surface area contributed by atoms with Gasteiger partial charge in [0.1, 0.15) is 0 Å². The molecule has 4 rings (SSSR count). The van der Waals surface area contributed by atoms with Gasteiger partial charge in [0.15, 0.2) is 5.96 Å². The van der Waals surface area contributed by atoms with E-state index < -0.39 is 0 Å². The quantitative estimate of drug-likeness (QED) is 0.370. The Morgan fingerprint density at radius 1 is 1.13 bits per heavy atom. The molecule has 0 aliphatic carbocycles. The Morgan fingerprint density at radius 2 is 1.90 bits per heavy atom. The van der Waals surface area contributed by atoms with Crippen molar-refractivity contribution in [3.05, 3.63) is 29.8 Å². The molecule has 1 aromatic carbocycles. The number of ether oxygens (including phenoxy) is 1. The van der Waals surface area contributed by atoms with Gasteiger partial charge in [0.2, 0.25) is 5.91 Å². The predicted octanol–water partition coefficient (Wildman–Crippen LogP) is 2.30. The van der Waals surface area contributed by atoms with Crippen molar-refractivity contribution in [1.82, 2.24) is 15.1 Å². The molecule has 1 amide bonds. The summed E-state index contributed by atoms with van der Waals surface area (Å²) >= 11 is 0. The number of carbonyl (C=O) groups is 1. The summed E-state index contributed by atoms with van der Waals surface area (Å²) in [6.07, 6.45) is 3.95. The Morgan fingerprint density at radius 3 is 2.60 bits per heavy atom. The zero-order valence-corrected chi connectivity index (χ0v) is 20.2. The largest absolute Gasteiger partial charge is 0.379 e. The number of nitrogens with zero attached hydrogens (tertiary/aromatic N) is 4. The van der Waals surface area contributed by atoms with Gasteiger partial charge in [0.05, 0.1) is 13.2 Å². The van der Waals surface area contributed by atoms with E-state index in [0.29, 0.717) is 12.5 Å². The molecule has 3 heterocycles. The zero-order chi connectivity index (χ0) is 20.1. The van der Waals surface area contributed by atoms with E-state index in [0.717, 1.165) is 77.0 Å². The minimum atomic E-state index is 0. The molecular formula is C22H34IN5O2. The van der Waals surface area contributed by atoms with Crippen LogP contribution in [0.25, 0.3) is 0 Å². The van der Waals surface area contributed by atoms with Crippen LogP contribution in [0.5, 0.6) is 0 Å². The van der Waals surface area contributed by atoms with Crippen LogP contribution in [0, 0.1) is 0 Å². The molecule has 8 heteroatoms. The normalized spacial score (nSPS) is 23.4. The average molecular weight is 527 g/mol. The van der Waals surface area contributed by atoms with Crippen LogP contribution in [0.15, 0.2) is 29.3 Å². The number of hydrogen-bond donors (Lipinski definition) is 1. The minimum Gasteiger partial charge on any atom is -0.379 e. The summed E-state index contributed by atoms with van der Waals surface area (Å²) in [5.74, 6) is 1.21. The van der Waals surface area contributed by atoms with Crippen molar-refractivity contribution in [1.29, 1.82) is 0 Å². The van der Waals surface area contributed by atoms with E-state index in [1.165, 1.54) is 12.0 Å². The molecule has 1 atom stereocenters. The van der Waals surface area contributed by atoms with Crippen molar-refractivity contribution < 1.29 is 9.53 Å². The lowest BCUT2D eigenvalue weighted by Crippen LogP contribution is -2.46. The summed E-state index contributed by atoms with van der Waals surface area (Å²) in [7, 11) is 1.86. The fourth-order valence-electron chi connectivity index (χ4n) is 4.56. The number of halogens is 1. The van der Waals surface area contributed by atoms with Crippen LogP contribution >= 0.6 is 24.0 Å². The van der Waals surface area contributed by atoms with E-state index in [2.05, 4.69) is 44.4 Å². The number of benzene rings is 1. The third-order valence-corrected chi connectivity index (χ3v) is 6.26. The van der Waals surface area contributed by atoms with E-state index in [1.807, 2.05) is 11.9 Å². The van der Waals surface area contributed by atoms with Crippen molar-refractivity contribution in [2.24, 2.45) is 4.99 Å². The van der Waals surface area contributed by atoms with Crippen molar-refractivity contribution in [3.63, 3.8) is 0 Å². The van der Waals surface area contributed by atoms with Gasteiger partial charge in [-0.25, -0.2) is 0 Å². The Bertz CT molecular complexity index is 721. The lowest BCUT2D eigenvalue weighted by molar-refractivity contribution is -0.119. The van der Waals surface area contributed by atoms with E-state index in [9.17, 15) is 4.79 Å². The second kappa shape index (κ2) is 11.3. The zero-order valence-electron chi connectivity index (χ0n) is 17.9. The van der Waals surface area contributed by atoms with Crippen molar-refractivity contribution in [2.75, 3.05) is 57.9 Å². The van der Waals surface area contributed by atoms with Gasteiger partial charge in [-0.05, 0) is 37.0 Å². The summed E-state index contributed by atoms with van der Waals surface area (Å²) in [6.45, 7) is 7.41. The molecule has 3 aliphatic heterocycles. The van der Waals surface area contributed by atoms with Crippen LogP contribution in [0.3, 0.4) is 0 Å². The number of guanidine groups is 1. The first-order chi connectivity index (χ1) is 14.2. The van der Waals surface area contributed by atoms with Gasteiger partial charge < -0.3 is 19.9 Å². The molecule has 0 radical (unpaired) electrons. The number of anilines is 1. The summed E-state index contributed by atoms with van der Waals surface area (Å²) in [5, 5.41) is 3.51. The van der Waals surface area contributed by atoms with Gasteiger partial charge in [-0.15, -0.1) is 24.0 Å². The van der Waals surface area contributed by atoms with E-state index in [-0.39, 0.29) is 29.9 Å². The van der Waals surface area contributed by atoms with Crippen LogP contribution in [-0.4, -0.2) is 80.7 Å². The summed E-state index contributed by atoms with van der Waals surface area (Å²) in [4.78, 5) is 23.4. The van der Waals surface area contributed by atoms with Crippen LogP contribution in [0.1, 0.15) is 31.2 Å². The first kappa shape index (κ1) is 23.3. The van der Waals surface area contributed by atoms with Crippen molar-refractivity contribution >= 4 is 41.5 Å². The number of piperidine rings is 1. The second-order valence-electron chi connectivity index (χ2n) is 8.11. The molecule has 1 unspecified atom stereocenters. The van der Waals surface area contributed by atoms with Crippen molar-refractivity contribution in [3.8, 4) is 0 Å². The number of morpholine rings is 1. The maximum absolute atomic E-state index is 12.1. The molecule has 3 fully saturated rings. The third kappa shape index (κ3) is 5.64. The highest BCUT2D eigenvalue weighted by Crippen LogP contribution is 2.21. The molecule has 7 nitrogen and oxygen atoms in total. The molecule has 30 heavy (non-hydrogen) atoms. The molecule has 0 bridgehead atoms. The predicted molar refractivity (Wildman–Crippen MR) is 131 cm³/mol. The number of likely N-dealkylation sites (tertiary alicyclic amines) is 1. The molecule has 1 aromatic rings. The molecule has 3 saturated heterocycles. The smallest absolute Gasteiger partial charge is 0.226 e. The lowest BCUT2D eigenvalue weighted by Gasteiger charge is -2.32. The van der Waals surface area contributed by atoms with E-state index in [1.54, 1.807) is 0 Å². The SMILES string of the molecule is CN=C(NCc1ccc(N2CCCCC2=O)cc1)N1CCC(N2CCOCC2)C1.I. The molecule has 3 aliphatic rings. The molecule has 0 saturated carbocycles. The average Bonchev–Trinajstić information content (AvgIpc) is 3.26. The van der Waals surface area contributed by atoms with Crippen molar-refractivity contribution in [2.45, 2.75) is 38.3 Å². The monoisotopic (exact) mass is 527 g/mol. The summed E-state index contributed by atoms with van der Waals surface area (Å²) in [5.41, 5.74) is 2.21. The molecule has 166 valence electrons. The molecule has 0 aromatic heterocycles. The highest BCUT2D eigenvalue weighted by molar-refractivity contribution is 14.0. The van der Waals surface area contributed by atoms with Crippen LogP contribution in [0.2, 0.25) is 0 Å². The third-order valence-electron chi connectivity index (χ3n) is 6.26.